The quantitative estimate of drug-likeness (QED) is 0.804. The molecule has 1 saturated heterocycles. The summed E-state index contributed by atoms with van der Waals surface area (Å²) in [6.45, 7) is 2.80. The molecule has 1 aliphatic heterocycles. The standard InChI is InChI=1S/C12H15F3N2O/c1-11(4-5-18-7-11)17-10-3-2-8(16)6-9(10)12(13,14)15/h2-3,6,17H,4-5,7,16H2,1H3. The average Bonchev–Trinajstić information content (AvgIpc) is 2.66. The van der Waals surface area contributed by atoms with Gasteiger partial charge in [-0.25, -0.2) is 0 Å². The van der Waals surface area contributed by atoms with Crippen molar-refractivity contribution in [1.29, 1.82) is 0 Å². The fourth-order valence-corrected chi connectivity index (χ4v) is 2.00. The number of halogens is 3. The Labute approximate surface area is 103 Å². The molecule has 1 unspecified atom stereocenters. The molecule has 1 aliphatic rings. The number of nitrogens with two attached hydrogens (primary N) is 1. The van der Waals surface area contributed by atoms with E-state index in [0.717, 1.165) is 6.07 Å². The summed E-state index contributed by atoms with van der Waals surface area (Å²) in [6, 6.07) is 3.76. The summed E-state index contributed by atoms with van der Waals surface area (Å²) in [6.07, 6.45) is -3.75. The Morgan fingerprint density at radius 2 is 2.11 bits per heavy atom. The molecule has 0 spiro atoms. The summed E-state index contributed by atoms with van der Waals surface area (Å²) in [5.74, 6) is 0. The van der Waals surface area contributed by atoms with Crippen LogP contribution in [0.1, 0.15) is 18.9 Å². The van der Waals surface area contributed by atoms with E-state index in [4.69, 9.17) is 10.5 Å². The van der Waals surface area contributed by atoms with Crippen LogP contribution in [0, 0.1) is 0 Å². The SMILES string of the molecule is CC1(Nc2ccc(N)cc2C(F)(F)F)CCOC1. The highest BCUT2D eigenvalue weighted by molar-refractivity contribution is 5.60. The minimum Gasteiger partial charge on any atom is -0.399 e. The normalized spacial score (nSPS) is 24.2. The van der Waals surface area contributed by atoms with Crippen LogP contribution in [-0.4, -0.2) is 18.8 Å². The van der Waals surface area contributed by atoms with E-state index in [1.807, 2.05) is 6.92 Å². The van der Waals surface area contributed by atoms with E-state index in [0.29, 0.717) is 19.6 Å². The van der Waals surface area contributed by atoms with E-state index in [1.165, 1.54) is 12.1 Å². The van der Waals surface area contributed by atoms with Gasteiger partial charge in [0.15, 0.2) is 0 Å². The minimum absolute atomic E-state index is 0.0460. The molecular weight excluding hydrogens is 245 g/mol. The maximum absolute atomic E-state index is 12.9. The average molecular weight is 260 g/mol. The van der Waals surface area contributed by atoms with Gasteiger partial charge in [0.05, 0.1) is 17.7 Å². The maximum atomic E-state index is 12.9. The van der Waals surface area contributed by atoms with Gasteiger partial charge in [-0.3, -0.25) is 0 Å². The number of ether oxygens (including phenoxy) is 1. The second-order valence-corrected chi connectivity index (χ2v) is 4.79. The van der Waals surface area contributed by atoms with Crippen LogP contribution in [0.5, 0.6) is 0 Å². The van der Waals surface area contributed by atoms with Crippen LogP contribution < -0.4 is 11.1 Å². The fourth-order valence-electron chi connectivity index (χ4n) is 2.00. The molecule has 1 fully saturated rings. The zero-order chi connectivity index (χ0) is 13.4. The Hall–Kier alpha value is -1.43. The van der Waals surface area contributed by atoms with Gasteiger partial charge in [-0.05, 0) is 31.5 Å². The van der Waals surface area contributed by atoms with E-state index in [9.17, 15) is 13.2 Å². The lowest BCUT2D eigenvalue weighted by Gasteiger charge is -2.27. The van der Waals surface area contributed by atoms with E-state index >= 15 is 0 Å². The monoisotopic (exact) mass is 260 g/mol. The first kappa shape index (κ1) is 13.0. The number of nitrogens with one attached hydrogen (secondary N) is 1. The number of alkyl halides is 3. The second-order valence-electron chi connectivity index (χ2n) is 4.79. The molecule has 1 atom stereocenters. The summed E-state index contributed by atoms with van der Waals surface area (Å²) < 4.78 is 43.9. The van der Waals surface area contributed by atoms with Gasteiger partial charge in [-0.15, -0.1) is 0 Å². The highest BCUT2D eigenvalue weighted by Gasteiger charge is 2.37. The number of benzene rings is 1. The summed E-state index contributed by atoms with van der Waals surface area (Å²) >= 11 is 0. The first-order valence-electron chi connectivity index (χ1n) is 5.63. The van der Waals surface area contributed by atoms with Gasteiger partial charge < -0.3 is 15.8 Å². The summed E-state index contributed by atoms with van der Waals surface area (Å²) in [5, 5.41) is 2.92. The summed E-state index contributed by atoms with van der Waals surface area (Å²) in [5.41, 5.74) is 4.35. The van der Waals surface area contributed by atoms with E-state index in [2.05, 4.69) is 5.32 Å². The highest BCUT2D eigenvalue weighted by atomic mass is 19.4. The lowest BCUT2D eigenvalue weighted by atomic mass is 10.00. The molecule has 1 aromatic carbocycles. The highest BCUT2D eigenvalue weighted by Crippen LogP contribution is 2.38. The van der Waals surface area contributed by atoms with Crippen molar-refractivity contribution in [2.45, 2.75) is 25.1 Å². The predicted octanol–water partition coefficient (Wildman–Crippen LogP) is 2.88. The Morgan fingerprint density at radius 3 is 2.67 bits per heavy atom. The number of anilines is 2. The predicted molar refractivity (Wildman–Crippen MR) is 63.3 cm³/mol. The molecule has 1 heterocycles. The van der Waals surface area contributed by atoms with Crippen LogP contribution in [0.15, 0.2) is 18.2 Å². The van der Waals surface area contributed by atoms with Gasteiger partial charge in [-0.2, -0.15) is 13.2 Å². The van der Waals surface area contributed by atoms with Gasteiger partial charge in [0.1, 0.15) is 0 Å². The zero-order valence-electron chi connectivity index (χ0n) is 9.97. The Kier molecular flexibility index (Phi) is 3.14. The van der Waals surface area contributed by atoms with Crippen LogP contribution in [0.25, 0.3) is 0 Å². The van der Waals surface area contributed by atoms with Gasteiger partial charge in [0.25, 0.3) is 0 Å². The van der Waals surface area contributed by atoms with Crippen LogP contribution in [-0.2, 0) is 10.9 Å². The maximum Gasteiger partial charge on any atom is 0.418 e. The van der Waals surface area contributed by atoms with Gasteiger partial charge in [-0.1, -0.05) is 0 Å². The fraction of sp³-hybridized carbons (Fsp3) is 0.500. The van der Waals surface area contributed by atoms with Gasteiger partial charge in [0, 0.05) is 18.0 Å². The molecule has 2 rings (SSSR count). The molecule has 0 aromatic heterocycles. The first-order chi connectivity index (χ1) is 8.30. The summed E-state index contributed by atoms with van der Waals surface area (Å²) in [4.78, 5) is 0. The van der Waals surface area contributed by atoms with E-state index < -0.39 is 17.3 Å². The first-order valence-corrected chi connectivity index (χ1v) is 5.63. The molecule has 0 saturated carbocycles. The largest absolute Gasteiger partial charge is 0.418 e. The summed E-state index contributed by atoms with van der Waals surface area (Å²) in [7, 11) is 0. The Bertz CT molecular complexity index is 439. The molecule has 3 N–H and O–H groups in total. The van der Waals surface area contributed by atoms with E-state index in [1.54, 1.807) is 0 Å². The van der Waals surface area contributed by atoms with E-state index in [-0.39, 0.29) is 11.4 Å². The van der Waals surface area contributed by atoms with Crippen LogP contribution in [0.4, 0.5) is 24.5 Å². The molecule has 0 bridgehead atoms. The lowest BCUT2D eigenvalue weighted by Crippen LogP contribution is -2.35. The molecule has 18 heavy (non-hydrogen) atoms. The van der Waals surface area contributed by atoms with Gasteiger partial charge in [0.2, 0.25) is 0 Å². The number of nitrogen functional groups attached to an aromatic ring is 1. The van der Waals surface area contributed by atoms with Crippen molar-refractivity contribution in [3.8, 4) is 0 Å². The molecule has 100 valence electrons. The van der Waals surface area contributed by atoms with Crippen molar-refractivity contribution in [2.24, 2.45) is 0 Å². The van der Waals surface area contributed by atoms with Crippen molar-refractivity contribution < 1.29 is 17.9 Å². The van der Waals surface area contributed by atoms with Gasteiger partial charge >= 0.3 is 6.18 Å². The Balaban J connectivity index is 2.32. The number of rotatable bonds is 2. The molecule has 1 aromatic rings. The third-order valence-corrected chi connectivity index (χ3v) is 3.00. The van der Waals surface area contributed by atoms with Crippen molar-refractivity contribution in [3.63, 3.8) is 0 Å². The topological polar surface area (TPSA) is 47.3 Å². The molecular formula is C12H15F3N2O. The minimum atomic E-state index is -4.42. The lowest BCUT2D eigenvalue weighted by molar-refractivity contribution is -0.136. The third-order valence-electron chi connectivity index (χ3n) is 3.00. The van der Waals surface area contributed by atoms with Crippen molar-refractivity contribution >= 4 is 11.4 Å². The van der Waals surface area contributed by atoms with Crippen LogP contribution in [0.2, 0.25) is 0 Å². The second kappa shape index (κ2) is 4.35. The van der Waals surface area contributed by atoms with Crippen molar-refractivity contribution in [2.75, 3.05) is 24.3 Å². The smallest absolute Gasteiger partial charge is 0.399 e. The Morgan fingerprint density at radius 1 is 1.39 bits per heavy atom. The van der Waals surface area contributed by atoms with Crippen LogP contribution >= 0.6 is 0 Å². The number of hydrogen-bond acceptors (Lipinski definition) is 3. The van der Waals surface area contributed by atoms with Crippen molar-refractivity contribution in [1.82, 2.24) is 0 Å². The third kappa shape index (κ3) is 2.69. The molecule has 0 radical (unpaired) electrons. The molecule has 6 heteroatoms. The number of hydrogen-bond donors (Lipinski definition) is 2. The zero-order valence-corrected chi connectivity index (χ0v) is 9.97. The molecule has 3 nitrogen and oxygen atoms in total. The van der Waals surface area contributed by atoms with Crippen molar-refractivity contribution in [3.05, 3.63) is 23.8 Å². The van der Waals surface area contributed by atoms with Crippen LogP contribution in [0.3, 0.4) is 0 Å². The molecule has 0 amide bonds. The molecule has 0 aliphatic carbocycles.